The Morgan fingerprint density at radius 1 is 1.29 bits per heavy atom. The molecule has 0 amide bonds. The molecule has 0 radical (unpaired) electrons. The Kier molecular flexibility index (Phi) is 3.02. The summed E-state index contributed by atoms with van der Waals surface area (Å²) in [6.07, 6.45) is 1.14. The van der Waals surface area contributed by atoms with Gasteiger partial charge in [0.05, 0.1) is 0 Å². The summed E-state index contributed by atoms with van der Waals surface area (Å²) in [4.78, 5) is 13.5. The fraction of sp³-hybridized carbons (Fsp3) is 0.909. The van der Waals surface area contributed by atoms with Gasteiger partial charge in [0.15, 0.2) is 5.78 Å². The first-order valence-electron chi connectivity index (χ1n) is 5.24. The largest absolute Gasteiger partial charge is 0.382 e. The molecule has 1 rings (SSSR count). The molecule has 1 heterocycles. The van der Waals surface area contributed by atoms with Crippen LogP contribution in [0.25, 0.3) is 0 Å². The maximum absolute atomic E-state index is 11.2. The number of ketones is 1. The summed E-state index contributed by atoms with van der Waals surface area (Å²) in [7, 11) is 0. The van der Waals surface area contributed by atoms with Crippen LogP contribution in [0.4, 0.5) is 0 Å². The average molecular weight is 199 g/mol. The lowest BCUT2D eigenvalue weighted by atomic mass is 9.86. The predicted molar refractivity (Wildman–Crippen MR) is 56.2 cm³/mol. The van der Waals surface area contributed by atoms with Crippen LogP contribution >= 0.6 is 0 Å². The van der Waals surface area contributed by atoms with Crippen LogP contribution in [-0.2, 0) is 4.79 Å². The summed E-state index contributed by atoms with van der Waals surface area (Å²) in [6.45, 7) is 9.56. The van der Waals surface area contributed by atoms with Gasteiger partial charge in [0, 0.05) is 18.6 Å². The number of piperidine rings is 1. The molecule has 0 atom stereocenters. The quantitative estimate of drug-likeness (QED) is 0.690. The summed E-state index contributed by atoms with van der Waals surface area (Å²) < 4.78 is 0. The van der Waals surface area contributed by atoms with Crippen molar-refractivity contribution >= 4 is 5.78 Å². The van der Waals surface area contributed by atoms with Gasteiger partial charge in [-0.15, -0.1) is 0 Å². The third kappa shape index (κ3) is 2.34. The van der Waals surface area contributed by atoms with Gasteiger partial charge >= 0.3 is 0 Å². The van der Waals surface area contributed by atoms with Gasteiger partial charge in [-0.1, -0.05) is 0 Å². The van der Waals surface area contributed by atoms with Crippen LogP contribution in [0.2, 0.25) is 0 Å². The molecule has 3 nitrogen and oxygen atoms in total. The molecule has 82 valence electrons. The SMILES string of the molecule is CC(=O)C1(O)CCN(C(C)(C)C)CC1. The van der Waals surface area contributed by atoms with Gasteiger partial charge in [-0.25, -0.2) is 0 Å². The van der Waals surface area contributed by atoms with Crippen molar-refractivity contribution in [3.63, 3.8) is 0 Å². The standard InChI is InChI=1S/C11H21NO2/c1-9(13)11(14)5-7-12(8-6-11)10(2,3)4/h14H,5-8H2,1-4H3. The van der Waals surface area contributed by atoms with Crippen molar-refractivity contribution in [1.29, 1.82) is 0 Å². The number of aliphatic hydroxyl groups is 1. The molecule has 1 fully saturated rings. The van der Waals surface area contributed by atoms with Crippen molar-refractivity contribution in [1.82, 2.24) is 4.90 Å². The summed E-state index contributed by atoms with van der Waals surface area (Å²) in [5.74, 6) is -0.0916. The van der Waals surface area contributed by atoms with Crippen molar-refractivity contribution in [2.45, 2.75) is 51.7 Å². The molecule has 1 aliphatic heterocycles. The van der Waals surface area contributed by atoms with Crippen LogP contribution < -0.4 is 0 Å². The smallest absolute Gasteiger partial charge is 0.161 e. The number of Topliss-reactive ketones (excluding diaryl/α,β-unsaturated/α-hetero) is 1. The fourth-order valence-electron chi connectivity index (χ4n) is 1.90. The van der Waals surface area contributed by atoms with Gasteiger partial charge < -0.3 is 5.11 Å². The maximum atomic E-state index is 11.2. The molecule has 0 spiro atoms. The number of rotatable bonds is 1. The van der Waals surface area contributed by atoms with Gasteiger partial charge in [0.25, 0.3) is 0 Å². The van der Waals surface area contributed by atoms with E-state index in [4.69, 9.17) is 0 Å². The van der Waals surface area contributed by atoms with Crippen LogP contribution in [0.1, 0.15) is 40.5 Å². The zero-order valence-corrected chi connectivity index (χ0v) is 9.63. The van der Waals surface area contributed by atoms with E-state index in [2.05, 4.69) is 25.7 Å². The normalized spacial score (nSPS) is 23.5. The van der Waals surface area contributed by atoms with Crippen LogP contribution in [0.15, 0.2) is 0 Å². The highest BCUT2D eigenvalue weighted by atomic mass is 16.3. The molecule has 14 heavy (non-hydrogen) atoms. The van der Waals surface area contributed by atoms with Crippen LogP contribution in [0.3, 0.4) is 0 Å². The van der Waals surface area contributed by atoms with Gasteiger partial charge in [0.1, 0.15) is 5.60 Å². The minimum atomic E-state index is -1.05. The zero-order chi connectivity index (χ0) is 11.0. The van der Waals surface area contributed by atoms with Crippen LogP contribution in [0.5, 0.6) is 0 Å². The third-order valence-electron chi connectivity index (χ3n) is 3.19. The Morgan fingerprint density at radius 3 is 2.00 bits per heavy atom. The molecule has 1 aliphatic rings. The minimum Gasteiger partial charge on any atom is -0.382 e. The van der Waals surface area contributed by atoms with E-state index in [1.807, 2.05) is 0 Å². The van der Waals surface area contributed by atoms with Gasteiger partial charge in [0.2, 0.25) is 0 Å². The lowest BCUT2D eigenvalue weighted by molar-refractivity contribution is -0.141. The first-order valence-corrected chi connectivity index (χ1v) is 5.24. The molecular formula is C11H21NO2. The Hall–Kier alpha value is -0.410. The molecule has 0 bridgehead atoms. The molecule has 3 heteroatoms. The number of likely N-dealkylation sites (tertiary alicyclic amines) is 1. The Morgan fingerprint density at radius 2 is 1.71 bits per heavy atom. The van der Waals surface area contributed by atoms with Gasteiger partial charge in [-0.2, -0.15) is 0 Å². The van der Waals surface area contributed by atoms with Crippen molar-refractivity contribution in [3.8, 4) is 0 Å². The minimum absolute atomic E-state index is 0.0916. The molecular weight excluding hydrogens is 178 g/mol. The zero-order valence-electron chi connectivity index (χ0n) is 9.63. The number of carbonyl (C=O) groups excluding carboxylic acids is 1. The Bertz CT molecular complexity index is 222. The predicted octanol–water partition coefficient (Wildman–Crippen LogP) is 1.20. The van der Waals surface area contributed by atoms with E-state index in [9.17, 15) is 9.90 Å². The highest BCUT2D eigenvalue weighted by Gasteiger charge is 2.38. The summed E-state index contributed by atoms with van der Waals surface area (Å²) >= 11 is 0. The van der Waals surface area contributed by atoms with Gasteiger partial charge in [-0.05, 0) is 40.5 Å². The number of carbonyl (C=O) groups is 1. The van der Waals surface area contributed by atoms with E-state index in [1.165, 1.54) is 6.92 Å². The third-order valence-corrected chi connectivity index (χ3v) is 3.19. The maximum Gasteiger partial charge on any atom is 0.161 e. The summed E-state index contributed by atoms with van der Waals surface area (Å²) in [6, 6.07) is 0. The van der Waals surface area contributed by atoms with Crippen molar-refractivity contribution in [3.05, 3.63) is 0 Å². The Balaban J connectivity index is 2.59. The first kappa shape index (κ1) is 11.7. The molecule has 1 N–H and O–H groups in total. The topological polar surface area (TPSA) is 40.5 Å². The van der Waals surface area contributed by atoms with Crippen LogP contribution in [-0.4, -0.2) is 40.0 Å². The van der Waals surface area contributed by atoms with Crippen molar-refractivity contribution < 1.29 is 9.90 Å². The van der Waals surface area contributed by atoms with E-state index in [1.54, 1.807) is 0 Å². The van der Waals surface area contributed by atoms with E-state index in [-0.39, 0.29) is 11.3 Å². The second kappa shape index (κ2) is 3.63. The fourth-order valence-corrected chi connectivity index (χ4v) is 1.90. The molecule has 0 saturated carbocycles. The van der Waals surface area contributed by atoms with Gasteiger partial charge in [-0.3, -0.25) is 9.69 Å². The Labute approximate surface area is 86.1 Å². The lowest BCUT2D eigenvalue weighted by Gasteiger charge is -2.43. The van der Waals surface area contributed by atoms with E-state index in [0.29, 0.717) is 12.8 Å². The molecule has 1 saturated heterocycles. The van der Waals surface area contributed by atoms with E-state index in [0.717, 1.165) is 13.1 Å². The first-order chi connectivity index (χ1) is 6.26. The second-order valence-electron chi connectivity index (χ2n) is 5.25. The highest BCUT2D eigenvalue weighted by Crippen LogP contribution is 2.27. The molecule has 0 aliphatic carbocycles. The van der Waals surface area contributed by atoms with Crippen LogP contribution in [0, 0.1) is 0 Å². The molecule has 0 unspecified atom stereocenters. The lowest BCUT2D eigenvalue weighted by Crippen LogP contribution is -2.53. The number of hydrogen-bond donors (Lipinski definition) is 1. The van der Waals surface area contributed by atoms with E-state index >= 15 is 0 Å². The summed E-state index contributed by atoms with van der Waals surface area (Å²) in [5, 5.41) is 9.96. The second-order valence-corrected chi connectivity index (χ2v) is 5.25. The average Bonchev–Trinajstić information content (AvgIpc) is 2.03. The highest BCUT2D eigenvalue weighted by molar-refractivity contribution is 5.84. The number of nitrogens with zero attached hydrogens (tertiary/aromatic N) is 1. The molecule has 0 aromatic carbocycles. The van der Waals surface area contributed by atoms with Crippen molar-refractivity contribution in [2.75, 3.05) is 13.1 Å². The number of hydrogen-bond acceptors (Lipinski definition) is 3. The molecule has 0 aromatic heterocycles. The monoisotopic (exact) mass is 199 g/mol. The molecule has 0 aromatic rings. The van der Waals surface area contributed by atoms with Crippen molar-refractivity contribution in [2.24, 2.45) is 0 Å². The summed E-state index contributed by atoms with van der Waals surface area (Å²) in [5.41, 5.74) is -0.917. The van der Waals surface area contributed by atoms with E-state index < -0.39 is 5.60 Å².